The first-order chi connectivity index (χ1) is 13.5. The van der Waals surface area contributed by atoms with Crippen LogP contribution >= 0.6 is 0 Å². The summed E-state index contributed by atoms with van der Waals surface area (Å²) < 4.78 is 21.3. The van der Waals surface area contributed by atoms with Crippen LogP contribution in [-0.2, 0) is 16.0 Å². The van der Waals surface area contributed by atoms with Gasteiger partial charge in [-0.1, -0.05) is 12.1 Å². The van der Waals surface area contributed by atoms with Crippen LogP contribution in [0.3, 0.4) is 0 Å². The highest BCUT2D eigenvalue weighted by Crippen LogP contribution is 2.39. The van der Waals surface area contributed by atoms with Gasteiger partial charge in [0.05, 0.1) is 27.8 Å². The first kappa shape index (κ1) is 20.9. The van der Waals surface area contributed by atoms with E-state index in [0.717, 1.165) is 5.56 Å². The smallest absolute Gasteiger partial charge is 0.262 e. The number of ether oxygens (including phenoxy) is 4. The van der Waals surface area contributed by atoms with E-state index < -0.39 is 0 Å². The predicted molar refractivity (Wildman–Crippen MR) is 104 cm³/mol. The van der Waals surface area contributed by atoms with Crippen molar-refractivity contribution < 1.29 is 28.5 Å². The lowest BCUT2D eigenvalue weighted by atomic mass is 10.1. The number of hydrogen-bond acceptors (Lipinski definition) is 6. The van der Waals surface area contributed by atoms with Crippen LogP contribution < -0.4 is 29.6 Å². The molecule has 28 heavy (non-hydrogen) atoms. The van der Waals surface area contributed by atoms with Crippen molar-refractivity contribution in [2.75, 3.05) is 40.3 Å². The third-order valence-corrected chi connectivity index (χ3v) is 3.86. The number of methoxy groups -OCH3 is 3. The molecule has 0 atom stereocenters. The van der Waals surface area contributed by atoms with Crippen LogP contribution in [-0.4, -0.2) is 46.8 Å². The van der Waals surface area contributed by atoms with E-state index >= 15 is 0 Å². The number of benzene rings is 2. The summed E-state index contributed by atoms with van der Waals surface area (Å²) >= 11 is 0. The van der Waals surface area contributed by atoms with Gasteiger partial charge in [0.15, 0.2) is 18.1 Å². The van der Waals surface area contributed by atoms with Crippen LogP contribution in [0.4, 0.5) is 5.69 Å². The first-order valence-electron chi connectivity index (χ1n) is 8.52. The molecule has 2 rings (SSSR count). The molecule has 0 heterocycles. The largest absolute Gasteiger partial charge is 0.493 e. The predicted octanol–water partition coefficient (Wildman–Crippen LogP) is 2.02. The number of likely N-dealkylation sites (N-methyl/N-ethyl adjacent to an activating group) is 1. The van der Waals surface area contributed by atoms with Gasteiger partial charge in [-0.3, -0.25) is 9.59 Å². The van der Waals surface area contributed by atoms with Gasteiger partial charge in [0.2, 0.25) is 11.7 Å². The van der Waals surface area contributed by atoms with E-state index in [1.165, 1.54) is 21.3 Å². The fourth-order valence-electron chi connectivity index (χ4n) is 2.52. The zero-order valence-electron chi connectivity index (χ0n) is 16.3. The summed E-state index contributed by atoms with van der Waals surface area (Å²) in [7, 11) is 6.08. The Morgan fingerprint density at radius 3 is 2.18 bits per heavy atom. The summed E-state index contributed by atoms with van der Waals surface area (Å²) in [4.78, 5) is 23.7. The Hall–Kier alpha value is -3.42. The molecular weight excluding hydrogens is 364 g/mol. The number of amides is 2. The molecule has 0 aliphatic carbocycles. The Labute approximate surface area is 163 Å². The molecule has 0 fully saturated rings. The second kappa shape index (κ2) is 10.1. The van der Waals surface area contributed by atoms with Gasteiger partial charge >= 0.3 is 0 Å². The molecule has 0 unspecified atom stereocenters. The lowest BCUT2D eigenvalue weighted by Crippen LogP contribution is -2.21. The summed E-state index contributed by atoms with van der Waals surface area (Å²) in [6, 6.07) is 10.3. The highest BCUT2D eigenvalue weighted by atomic mass is 16.5. The SMILES string of the molecule is CNC(=O)Cc1cccc(OCC(=O)Nc2cc(OC)c(OC)c(OC)c2)c1. The molecule has 150 valence electrons. The molecule has 2 N–H and O–H groups in total. The lowest BCUT2D eigenvalue weighted by Gasteiger charge is -2.15. The molecule has 2 amide bonds. The lowest BCUT2D eigenvalue weighted by molar-refractivity contribution is -0.120. The van der Waals surface area contributed by atoms with Gasteiger partial charge < -0.3 is 29.6 Å². The van der Waals surface area contributed by atoms with Crippen LogP contribution in [0.2, 0.25) is 0 Å². The molecule has 8 nitrogen and oxygen atoms in total. The molecule has 0 saturated heterocycles. The minimum atomic E-state index is -0.356. The average Bonchev–Trinajstić information content (AvgIpc) is 2.71. The van der Waals surface area contributed by atoms with Gasteiger partial charge in [-0.05, 0) is 17.7 Å². The zero-order chi connectivity index (χ0) is 20.5. The van der Waals surface area contributed by atoms with Gasteiger partial charge in [0.1, 0.15) is 5.75 Å². The molecule has 2 aromatic carbocycles. The molecule has 0 aliphatic heterocycles. The number of nitrogens with one attached hydrogen (secondary N) is 2. The van der Waals surface area contributed by atoms with Gasteiger partial charge in [-0.15, -0.1) is 0 Å². The number of carbonyl (C=O) groups is 2. The van der Waals surface area contributed by atoms with Crippen molar-refractivity contribution in [2.24, 2.45) is 0 Å². The Bertz CT molecular complexity index is 812. The van der Waals surface area contributed by atoms with Crippen LogP contribution in [0.1, 0.15) is 5.56 Å². The fourth-order valence-corrected chi connectivity index (χ4v) is 2.52. The van der Waals surface area contributed by atoms with Crippen LogP contribution in [0.5, 0.6) is 23.0 Å². The molecular formula is C20H24N2O6. The van der Waals surface area contributed by atoms with E-state index in [0.29, 0.717) is 28.7 Å². The van der Waals surface area contributed by atoms with E-state index in [1.54, 1.807) is 37.4 Å². The standard InChI is InChI=1S/C20H24N2O6/c1-21-18(23)9-13-6-5-7-15(8-13)28-12-19(24)22-14-10-16(25-2)20(27-4)17(11-14)26-3/h5-8,10-11H,9,12H2,1-4H3,(H,21,23)(H,22,24). The number of hydrogen-bond donors (Lipinski definition) is 2. The summed E-state index contributed by atoms with van der Waals surface area (Å²) in [5, 5.41) is 5.29. The van der Waals surface area contributed by atoms with Gasteiger partial charge in [0, 0.05) is 24.9 Å². The normalized spacial score (nSPS) is 10.0. The maximum absolute atomic E-state index is 12.2. The molecule has 0 aliphatic rings. The molecule has 8 heteroatoms. The molecule has 0 bridgehead atoms. The van der Waals surface area contributed by atoms with Crippen molar-refractivity contribution in [1.82, 2.24) is 5.32 Å². The fraction of sp³-hybridized carbons (Fsp3) is 0.300. The van der Waals surface area contributed by atoms with Gasteiger partial charge in [-0.2, -0.15) is 0 Å². The molecule has 0 spiro atoms. The average molecular weight is 388 g/mol. The minimum absolute atomic E-state index is 0.0997. The second-order valence-corrected chi connectivity index (χ2v) is 5.75. The van der Waals surface area contributed by atoms with Gasteiger partial charge in [0.25, 0.3) is 5.91 Å². The summed E-state index contributed by atoms with van der Waals surface area (Å²) in [5.41, 5.74) is 1.28. The van der Waals surface area contributed by atoms with Crippen molar-refractivity contribution in [3.8, 4) is 23.0 Å². The maximum Gasteiger partial charge on any atom is 0.262 e. The monoisotopic (exact) mass is 388 g/mol. The van der Waals surface area contributed by atoms with Crippen molar-refractivity contribution in [3.05, 3.63) is 42.0 Å². The Morgan fingerprint density at radius 1 is 0.929 bits per heavy atom. The van der Waals surface area contributed by atoms with Crippen molar-refractivity contribution in [3.63, 3.8) is 0 Å². The summed E-state index contributed by atoms with van der Waals surface area (Å²) in [6.45, 7) is -0.194. The van der Waals surface area contributed by atoms with E-state index in [-0.39, 0.29) is 24.8 Å². The third-order valence-electron chi connectivity index (χ3n) is 3.86. The molecule has 0 saturated carbocycles. The Morgan fingerprint density at radius 2 is 1.61 bits per heavy atom. The Balaban J connectivity index is 2.01. The number of carbonyl (C=O) groups excluding carboxylic acids is 2. The van der Waals surface area contributed by atoms with Crippen LogP contribution in [0.25, 0.3) is 0 Å². The second-order valence-electron chi connectivity index (χ2n) is 5.75. The van der Waals surface area contributed by atoms with E-state index in [4.69, 9.17) is 18.9 Å². The topological polar surface area (TPSA) is 95.1 Å². The first-order valence-corrected chi connectivity index (χ1v) is 8.52. The summed E-state index contributed by atoms with van der Waals surface area (Å²) in [6.07, 6.45) is 0.241. The Kier molecular flexibility index (Phi) is 7.50. The van der Waals surface area contributed by atoms with Crippen molar-refractivity contribution in [2.45, 2.75) is 6.42 Å². The van der Waals surface area contributed by atoms with Crippen molar-refractivity contribution in [1.29, 1.82) is 0 Å². The third kappa shape index (κ3) is 5.54. The van der Waals surface area contributed by atoms with Gasteiger partial charge in [-0.25, -0.2) is 0 Å². The minimum Gasteiger partial charge on any atom is -0.493 e. The zero-order valence-corrected chi connectivity index (χ0v) is 16.3. The quantitative estimate of drug-likeness (QED) is 0.682. The molecule has 2 aromatic rings. The van der Waals surface area contributed by atoms with E-state index in [9.17, 15) is 9.59 Å². The molecule has 0 aromatic heterocycles. The highest BCUT2D eigenvalue weighted by molar-refractivity contribution is 5.92. The van der Waals surface area contributed by atoms with E-state index in [2.05, 4.69) is 10.6 Å². The van der Waals surface area contributed by atoms with Crippen molar-refractivity contribution >= 4 is 17.5 Å². The molecule has 0 radical (unpaired) electrons. The number of anilines is 1. The van der Waals surface area contributed by atoms with Crippen LogP contribution in [0, 0.1) is 0 Å². The van der Waals surface area contributed by atoms with E-state index in [1.807, 2.05) is 6.07 Å². The van der Waals surface area contributed by atoms with Crippen LogP contribution in [0.15, 0.2) is 36.4 Å². The maximum atomic E-state index is 12.2. The number of rotatable bonds is 9. The summed E-state index contributed by atoms with van der Waals surface area (Å²) in [5.74, 6) is 1.34. The highest BCUT2D eigenvalue weighted by Gasteiger charge is 2.14.